The van der Waals surface area contributed by atoms with Crippen molar-refractivity contribution in [3.63, 3.8) is 0 Å². The second-order valence-corrected chi connectivity index (χ2v) is 6.26. The highest BCUT2D eigenvalue weighted by Crippen LogP contribution is 2.44. The molecule has 6 heteroatoms. The van der Waals surface area contributed by atoms with Gasteiger partial charge in [0, 0.05) is 38.0 Å². The summed E-state index contributed by atoms with van der Waals surface area (Å²) in [4.78, 5) is 25.7. The highest BCUT2D eigenvalue weighted by atomic mass is 16.5. The largest absolute Gasteiger partial charge is 0.496 e. The zero-order chi connectivity index (χ0) is 18.2. The molecule has 0 bridgehead atoms. The van der Waals surface area contributed by atoms with Crippen LogP contribution in [-0.4, -0.2) is 49.6 Å². The SMILES string of the molecule is CCN(CC)C(=O)CCCNC(=O)N[C@H]1C[C@H]1c1ccccc1OC. The molecule has 1 aliphatic rings. The van der Waals surface area contributed by atoms with Gasteiger partial charge in [-0.05, 0) is 38.3 Å². The molecule has 1 saturated carbocycles. The number of benzene rings is 1. The summed E-state index contributed by atoms with van der Waals surface area (Å²) in [5, 5.41) is 5.82. The number of methoxy groups -OCH3 is 1. The number of nitrogens with one attached hydrogen (secondary N) is 2. The van der Waals surface area contributed by atoms with E-state index in [1.54, 1.807) is 7.11 Å². The Hall–Kier alpha value is -2.24. The van der Waals surface area contributed by atoms with Gasteiger partial charge < -0.3 is 20.3 Å². The monoisotopic (exact) mass is 347 g/mol. The van der Waals surface area contributed by atoms with E-state index in [0.29, 0.717) is 25.3 Å². The lowest BCUT2D eigenvalue weighted by Gasteiger charge is -2.18. The van der Waals surface area contributed by atoms with Gasteiger partial charge in [0.2, 0.25) is 5.91 Å². The number of carbonyl (C=O) groups is 2. The summed E-state index contributed by atoms with van der Waals surface area (Å²) in [6, 6.07) is 7.89. The normalized spacial score (nSPS) is 18.4. The molecule has 1 fully saturated rings. The highest BCUT2D eigenvalue weighted by molar-refractivity contribution is 5.76. The Morgan fingerprint density at radius 1 is 1.24 bits per heavy atom. The van der Waals surface area contributed by atoms with Crippen LogP contribution in [0.15, 0.2) is 24.3 Å². The topological polar surface area (TPSA) is 70.7 Å². The highest BCUT2D eigenvalue weighted by Gasteiger charge is 2.41. The summed E-state index contributed by atoms with van der Waals surface area (Å²) in [6.07, 6.45) is 2.05. The molecule has 2 rings (SSSR count). The van der Waals surface area contributed by atoms with E-state index in [0.717, 1.165) is 30.8 Å². The quantitative estimate of drug-likeness (QED) is 0.674. The van der Waals surface area contributed by atoms with Crippen molar-refractivity contribution in [1.82, 2.24) is 15.5 Å². The molecule has 1 aromatic carbocycles. The van der Waals surface area contributed by atoms with Gasteiger partial charge in [-0.1, -0.05) is 18.2 Å². The van der Waals surface area contributed by atoms with Gasteiger partial charge in [-0.25, -0.2) is 4.79 Å². The first-order chi connectivity index (χ1) is 12.1. The summed E-state index contributed by atoms with van der Waals surface area (Å²) in [5.74, 6) is 1.32. The first-order valence-electron chi connectivity index (χ1n) is 9.05. The Morgan fingerprint density at radius 3 is 2.64 bits per heavy atom. The van der Waals surface area contributed by atoms with E-state index in [1.807, 2.05) is 43.0 Å². The van der Waals surface area contributed by atoms with Crippen LogP contribution in [0.5, 0.6) is 5.75 Å². The Morgan fingerprint density at radius 2 is 1.96 bits per heavy atom. The molecule has 0 aliphatic heterocycles. The van der Waals surface area contributed by atoms with Gasteiger partial charge in [0.1, 0.15) is 5.75 Å². The molecule has 0 saturated heterocycles. The van der Waals surface area contributed by atoms with Gasteiger partial charge in [0.05, 0.1) is 7.11 Å². The molecular formula is C19H29N3O3. The van der Waals surface area contributed by atoms with Gasteiger partial charge in [-0.15, -0.1) is 0 Å². The molecule has 25 heavy (non-hydrogen) atoms. The molecule has 1 aromatic rings. The van der Waals surface area contributed by atoms with Crippen molar-refractivity contribution in [2.75, 3.05) is 26.7 Å². The van der Waals surface area contributed by atoms with E-state index in [1.165, 1.54) is 0 Å². The first-order valence-corrected chi connectivity index (χ1v) is 9.05. The van der Waals surface area contributed by atoms with Gasteiger partial charge >= 0.3 is 6.03 Å². The third-order valence-electron chi connectivity index (χ3n) is 4.61. The van der Waals surface area contributed by atoms with Crippen molar-refractivity contribution in [3.05, 3.63) is 29.8 Å². The minimum atomic E-state index is -0.169. The first kappa shape index (κ1) is 19.1. The number of para-hydroxylation sites is 1. The van der Waals surface area contributed by atoms with Crippen LogP contribution in [0.4, 0.5) is 4.79 Å². The van der Waals surface area contributed by atoms with Crippen LogP contribution >= 0.6 is 0 Å². The van der Waals surface area contributed by atoms with Gasteiger partial charge in [0.15, 0.2) is 0 Å². The maximum atomic E-state index is 12.0. The van der Waals surface area contributed by atoms with E-state index in [9.17, 15) is 9.59 Å². The Bertz CT molecular complexity index is 587. The molecule has 138 valence electrons. The van der Waals surface area contributed by atoms with E-state index < -0.39 is 0 Å². The minimum absolute atomic E-state index is 0.144. The van der Waals surface area contributed by atoms with Crippen molar-refractivity contribution < 1.29 is 14.3 Å². The maximum Gasteiger partial charge on any atom is 0.315 e. The van der Waals surface area contributed by atoms with Crippen molar-refractivity contribution in [1.29, 1.82) is 0 Å². The Labute approximate surface area is 149 Å². The van der Waals surface area contributed by atoms with Crippen LogP contribution in [0, 0.1) is 0 Å². The molecule has 0 heterocycles. The zero-order valence-electron chi connectivity index (χ0n) is 15.4. The van der Waals surface area contributed by atoms with Crippen molar-refractivity contribution in [3.8, 4) is 5.75 Å². The van der Waals surface area contributed by atoms with Crippen LogP contribution in [-0.2, 0) is 4.79 Å². The lowest BCUT2D eigenvalue weighted by atomic mass is 10.1. The fourth-order valence-corrected chi connectivity index (χ4v) is 3.07. The van der Waals surface area contributed by atoms with Crippen molar-refractivity contribution >= 4 is 11.9 Å². The fraction of sp³-hybridized carbons (Fsp3) is 0.579. The number of hydrogen-bond acceptors (Lipinski definition) is 3. The van der Waals surface area contributed by atoms with Crippen LogP contribution in [0.2, 0.25) is 0 Å². The Kier molecular flexibility index (Phi) is 7.10. The number of hydrogen-bond donors (Lipinski definition) is 2. The van der Waals surface area contributed by atoms with Gasteiger partial charge in [0.25, 0.3) is 0 Å². The Balaban J connectivity index is 1.66. The van der Waals surface area contributed by atoms with E-state index in [2.05, 4.69) is 10.6 Å². The molecule has 1 aliphatic carbocycles. The van der Waals surface area contributed by atoms with Crippen LogP contribution in [0.25, 0.3) is 0 Å². The molecular weight excluding hydrogens is 318 g/mol. The number of carbonyl (C=O) groups excluding carboxylic acids is 2. The van der Waals surface area contributed by atoms with Gasteiger partial charge in [-0.2, -0.15) is 0 Å². The van der Waals surface area contributed by atoms with E-state index in [-0.39, 0.29) is 18.0 Å². The minimum Gasteiger partial charge on any atom is -0.496 e. The standard InChI is InChI=1S/C19H29N3O3/c1-4-22(5-2)18(23)11-8-12-20-19(24)21-16-13-15(16)14-9-6-7-10-17(14)25-3/h6-7,9-10,15-16H,4-5,8,11-13H2,1-3H3,(H2,20,21,24)/t15-,16-/m0/s1. The average molecular weight is 347 g/mol. The fourth-order valence-electron chi connectivity index (χ4n) is 3.07. The second-order valence-electron chi connectivity index (χ2n) is 6.26. The number of urea groups is 1. The van der Waals surface area contributed by atoms with Crippen molar-refractivity contribution in [2.24, 2.45) is 0 Å². The summed E-state index contributed by atoms with van der Waals surface area (Å²) >= 11 is 0. The third-order valence-corrected chi connectivity index (χ3v) is 4.61. The molecule has 0 radical (unpaired) electrons. The second kappa shape index (κ2) is 9.30. The molecule has 2 N–H and O–H groups in total. The predicted molar refractivity (Wildman–Crippen MR) is 97.8 cm³/mol. The van der Waals surface area contributed by atoms with E-state index >= 15 is 0 Å². The summed E-state index contributed by atoms with van der Waals surface area (Å²) in [6.45, 7) is 5.91. The predicted octanol–water partition coefficient (Wildman–Crippen LogP) is 2.50. The molecule has 0 aromatic heterocycles. The smallest absolute Gasteiger partial charge is 0.315 e. The molecule has 6 nitrogen and oxygen atoms in total. The zero-order valence-corrected chi connectivity index (χ0v) is 15.4. The number of nitrogens with zero attached hydrogens (tertiary/aromatic N) is 1. The average Bonchev–Trinajstić information content (AvgIpc) is 3.38. The molecule has 0 spiro atoms. The molecule has 2 atom stereocenters. The van der Waals surface area contributed by atoms with Gasteiger partial charge in [-0.3, -0.25) is 4.79 Å². The summed E-state index contributed by atoms with van der Waals surface area (Å²) < 4.78 is 5.38. The lowest BCUT2D eigenvalue weighted by molar-refractivity contribution is -0.130. The third kappa shape index (κ3) is 5.37. The summed E-state index contributed by atoms with van der Waals surface area (Å²) in [5.41, 5.74) is 1.14. The van der Waals surface area contributed by atoms with Crippen molar-refractivity contribution in [2.45, 2.75) is 45.1 Å². The van der Waals surface area contributed by atoms with Crippen LogP contribution in [0.3, 0.4) is 0 Å². The van der Waals surface area contributed by atoms with Crippen LogP contribution < -0.4 is 15.4 Å². The molecule has 3 amide bonds. The van der Waals surface area contributed by atoms with Crippen LogP contribution in [0.1, 0.15) is 44.6 Å². The molecule has 0 unspecified atom stereocenters. The lowest BCUT2D eigenvalue weighted by Crippen LogP contribution is -2.38. The number of ether oxygens (including phenoxy) is 1. The van der Waals surface area contributed by atoms with E-state index in [4.69, 9.17) is 4.74 Å². The number of rotatable bonds is 9. The maximum absolute atomic E-state index is 12.0. The summed E-state index contributed by atoms with van der Waals surface area (Å²) in [7, 11) is 1.66. The number of amides is 3.